The first-order valence-corrected chi connectivity index (χ1v) is 11.3. The first-order valence-electron chi connectivity index (χ1n) is 11.3. The average molecular weight is 457 g/mol. The monoisotopic (exact) mass is 456 g/mol. The molecule has 0 bridgehead atoms. The minimum Gasteiger partial charge on any atom is -0.346 e. The third kappa shape index (κ3) is 3.96. The van der Waals surface area contributed by atoms with Gasteiger partial charge in [-0.05, 0) is 29.5 Å². The predicted molar refractivity (Wildman–Crippen MR) is 129 cm³/mol. The summed E-state index contributed by atoms with van der Waals surface area (Å²) in [5.41, 5.74) is 1.78. The number of amides is 3. The number of nitriles is 1. The third-order valence-electron chi connectivity index (χ3n) is 6.46. The number of Topliss-reactive ketones (excluding diaryl/α,β-unsaturated/α-hetero) is 1. The SMILES string of the molecule is CC(C)(C)c1ccc(C2(C)NC(=O)N(CC(=O)c3cn(CCC#N)c4ccccc34)C2=O)cc1. The molecule has 0 spiro atoms. The Morgan fingerprint density at radius 1 is 1.09 bits per heavy atom. The van der Waals surface area contributed by atoms with Crippen molar-refractivity contribution in [2.45, 2.75) is 51.6 Å². The lowest BCUT2D eigenvalue weighted by Crippen LogP contribution is -2.41. The van der Waals surface area contributed by atoms with E-state index in [9.17, 15) is 14.4 Å². The molecule has 1 atom stereocenters. The Labute approximate surface area is 199 Å². The lowest BCUT2D eigenvalue weighted by atomic mass is 9.84. The van der Waals surface area contributed by atoms with E-state index in [-0.39, 0.29) is 17.7 Å². The predicted octanol–water partition coefficient (Wildman–Crippen LogP) is 4.50. The summed E-state index contributed by atoms with van der Waals surface area (Å²) >= 11 is 0. The fourth-order valence-corrected chi connectivity index (χ4v) is 4.39. The second kappa shape index (κ2) is 8.45. The van der Waals surface area contributed by atoms with Crippen molar-refractivity contribution in [3.8, 4) is 6.07 Å². The number of aryl methyl sites for hydroxylation is 1. The zero-order valence-electron chi connectivity index (χ0n) is 19.9. The van der Waals surface area contributed by atoms with Gasteiger partial charge in [-0.1, -0.05) is 63.2 Å². The molecule has 1 fully saturated rings. The normalized spacial score (nSPS) is 18.3. The summed E-state index contributed by atoms with van der Waals surface area (Å²) in [5, 5.41) is 12.5. The van der Waals surface area contributed by atoms with E-state index in [1.54, 1.807) is 13.1 Å². The zero-order valence-corrected chi connectivity index (χ0v) is 19.9. The molecule has 0 aliphatic carbocycles. The number of imide groups is 1. The van der Waals surface area contributed by atoms with Crippen LogP contribution in [0.5, 0.6) is 0 Å². The van der Waals surface area contributed by atoms with Crippen LogP contribution in [0.3, 0.4) is 0 Å². The fourth-order valence-electron chi connectivity index (χ4n) is 4.39. The van der Waals surface area contributed by atoms with Crippen molar-refractivity contribution in [1.29, 1.82) is 5.26 Å². The van der Waals surface area contributed by atoms with Crippen LogP contribution in [0, 0.1) is 11.3 Å². The van der Waals surface area contributed by atoms with Crippen LogP contribution >= 0.6 is 0 Å². The smallest absolute Gasteiger partial charge is 0.325 e. The standard InChI is InChI=1S/C27H28N4O3/c1-26(2,3)18-10-12-19(13-11-18)27(4)24(33)31(25(34)29-27)17-23(32)21-16-30(15-7-14-28)22-9-6-5-8-20(21)22/h5-6,8-13,16H,7,15,17H2,1-4H3,(H,29,34). The van der Waals surface area contributed by atoms with Crippen LogP contribution < -0.4 is 5.32 Å². The fraction of sp³-hybridized carbons (Fsp3) is 0.333. The van der Waals surface area contributed by atoms with Crippen molar-refractivity contribution < 1.29 is 14.4 Å². The van der Waals surface area contributed by atoms with Gasteiger partial charge in [-0.25, -0.2) is 4.79 Å². The number of ketones is 1. The van der Waals surface area contributed by atoms with Gasteiger partial charge < -0.3 is 9.88 Å². The van der Waals surface area contributed by atoms with E-state index in [4.69, 9.17) is 5.26 Å². The molecule has 2 heterocycles. The highest BCUT2D eigenvalue weighted by Crippen LogP contribution is 2.31. The molecule has 7 heteroatoms. The number of carbonyl (C=O) groups is 3. The molecule has 34 heavy (non-hydrogen) atoms. The van der Waals surface area contributed by atoms with Gasteiger partial charge in [-0.3, -0.25) is 14.5 Å². The first kappa shape index (κ1) is 23.2. The van der Waals surface area contributed by atoms with Crippen LogP contribution in [-0.2, 0) is 22.3 Å². The molecule has 174 valence electrons. The molecule has 0 radical (unpaired) electrons. The van der Waals surface area contributed by atoms with Gasteiger partial charge in [0.25, 0.3) is 5.91 Å². The summed E-state index contributed by atoms with van der Waals surface area (Å²) < 4.78 is 1.86. The molecule has 7 nitrogen and oxygen atoms in total. The van der Waals surface area contributed by atoms with E-state index in [0.717, 1.165) is 21.4 Å². The highest BCUT2D eigenvalue weighted by Gasteiger charge is 2.49. The molecule has 4 rings (SSSR count). The van der Waals surface area contributed by atoms with Crippen LogP contribution in [0.4, 0.5) is 4.79 Å². The van der Waals surface area contributed by atoms with Crippen molar-refractivity contribution in [2.75, 3.05) is 6.54 Å². The van der Waals surface area contributed by atoms with Crippen molar-refractivity contribution in [3.63, 3.8) is 0 Å². The van der Waals surface area contributed by atoms with E-state index < -0.39 is 17.5 Å². The Balaban J connectivity index is 1.60. The number of aromatic nitrogens is 1. The Kier molecular flexibility index (Phi) is 5.78. The Bertz CT molecular complexity index is 1320. The summed E-state index contributed by atoms with van der Waals surface area (Å²) in [5.74, 6) is -0.787. The molecule has 1 aromatic heterocycles. The lowest BCUT2D eigenvalue weighted by Gasteiger charge is -2.24. The van der Waals surface area contributed by atoms with Gasteiger partial charge in [0.15, 0.2) is 5.78 Å². The van der Waals surface area contributed by atoms with Crippen LogP contribution in [0.15, 0.2) is 54.7 Å². The van der Waals surface area contributed by atoms with E-state index in [1.807, 2.05) is 53.1 Å². The number of carbonyl (C=O) groups excluding carboxylic acids is 3. The van der Waals surface area contributed by atoms with Gasteiger partial charge in [-0.2, -0.15) is 5.26 Å². The van der Waals surface area contributed by atoms with Crippen molar-refractivity contribution >= 4 is 28.6 Å². The quantitative estimate of drug-likeness (QED) is 0.436. The van der Waals surface area contributed by atoms with Crippen LogP contribution in [0.2, 0.25) is 0 Å². The number of rotatable bonds is 6. The molecule has 1 aliphatic heterocycles. The first-order chi connectivity index (χ1) is 16.1. The maximum absolute atomic E-state index is 13.3. The summed E-state index contributed by atoms with van der Waals surface area (Å²) in [6.07, 6.45) is 2.01. The number of fused-ring (bicyclic) bond motifs is 1. The minimum absolute atomic E-state index is 0.0345. The number of hydrogen-bond acceptors (Lipinski definition) is 4. The number of nitrogens with one attached hydrogen (secondary N) is 1. The second-order valence-electron chi connectivity index (χ2n) is 9.86. The molecule has 3 amide bonds. The molecular weight excluding hydrogens is 428 g/mol. The largest absolute Gasteiger partial charge is 0.346 e. The number of nitrogens with zero attached hydrogens (tertiary/aromatic N) is 3. The minimum atomic E-state index is -1.24. The second-order valence-corrected chi connectivity index (χ2v) is 9.86. The number of hydrogen-bond donors (Lipinski definition) is 1. The van der Waals surface area contributed by atoms with Crippen molar-refractivity contribution in [2.24, 2.45) is 0 Å². The van der Waals surface area contributed by atoms with E-state index in [1.165, 1.54) is 0 Å². The summed E-state index contributed by atoms with van der Waals surface area (Å²) in [6, 6.07) is 16.6. The van der Waals surface area contributed by atoms with Crippen molar-refractivity contribution in [1.82, 2.24) is 14.8 Å². The van der Waals surface area contributed by atoms with Gasteiger partial charge in [0.1, 0.15) is 5.54 Å². The molecular formula is C27H28N4O3. The van der Waals surface area contributed by atoms with Gasteiger partial charge in [0, 0.05) is 29.2 Å². The summed E-state index contributed by atoms with van der Waals surface area (Å²) in [6.45, 7) is 8.09. The molecule has 3 aromatic rings. The van der Waals surface area contributed by atoms with Crippen LogP contribution in [0.1, 0.15) is 55.6 Å². The molecule has 1 N–H and O–H groups in total. The maximum atomic E-state index is 13.3. The average Bonchev–Trinajstić information content (AvgIpc) is 3.28. The van der Waals surface area contributed by atoms with Gasteiger partial charge in [0.2, 0.25) is 0 Å². The van der Waals surface area contributed by atoms with Crippen LogP contribution in [0.25, 0.3) is 10.9 Å². The van der Waals surface area contributed by atoms with E-state index >= 15 is 0 Å². The molecule has 0 saturated carbocycles. The Morgan fingerprint density at radius 3 is 2.41 bits per heavy atom. The maximum Gasteiger partial charge on any atom is 0.325 e. The van der Waals surface area contributed by atoms with Gasteiger partial charge in [0.05, 0.1) is 19.0 Å². The lowest BCUT2D eigenvalue weighted by molar-refractivity contribution is -0.130. The van der Waals surface area contributed by atoms with Gasteiger partial charge >= 0.3 is 6.03 Å². The summed E-state index contributed by atoms with van der Waals surface area (Å²) in [4.78, 5) is 40.4. The Hall–Kier alpha value is -3.92. The van der Waals surface area contributed by atoms with Crippen molar-refractivity contribution in [3.05, 3.63) is 71.4 Å². The highest BCUT2D eigenvalue weighted by atomic mass is 16.2. The third-order valence-corrected chi connectivity index (χ3v) is 6.46. The topological polar surface area (TPSA) is 95.2 Å². The molecule has 1 unspecified atom stereocenters. The molecule has 1 aliphatic rings. The number of benzene rings is 2. The molecule has 1 saturated heterocycles. The van der Waals surface area contributed by atoms with Crippen LogP contribution in [-0.4, -0.2) is 33.7 Å². The zero-order chi connectivity index (χ0) is 24.7. The summed E-state index contributed by atoms with van der Waals surface area (Å²) in [7, 11) is 0. The number of para-hydroxylation sites is 1. The number of urea groups is 1. The van der Waals surface area contributed by atoms with E-state index in [2.05, 4.69) is 32.2 Å². The van der Waals surface area contributed by atoms with Gasteiger partial charge in [-0.15, -0.1) is 0 Å². The Morgan fingerprint density at radius 2 is 1.76 bits per heavy atom. The molecule has 2 aromatic carbocycles. The highest BCUT2D eigenvalue weighted by molar-refractivity contribution is 6.14. The van der Waals surface area contributed by atoms with E-state index in [0.29, 0.717) is 24.1 Å².